The molecule has 0 atom stereocenters. The Morgan fingerprint density at radius 3 is 2.68 bits per heavy atom. The van der Waals surface area contributed by atoms with E-state index >= 15 is 0 Å². The van der Waals surface area contributed by atoms with Gasteiger partial charge in [-0.2, -0.15) is 0 Å². The fourth-order valence-corrected chi connectivity index (χ4v) is 3.00. The number of anilines is 1. The molecule has 0 saturated carbocycles. The summed E-state index contributed by atoms with van der Waals surface area (Å²) < 4.78 is 32.5. The summed E-state index contributed by atoms with van der Waals surface area (Å²) in [5.74, 6) is -1.78. The molecule has 0 N–H and O–H groups in total. The van der Waals surface area contributed by atoms with Crippen LogP contribution in [0.5, 0.6) is 0 Å². The van der Waals surface area contributed by atoms with Crippen LogP contribution >= 0.6 is 0 Å². The van der Waals surface area contributed by atoms with E-state index in [1.54, 1.807) is 6.07 Å². The summed E-state index contributed by atoms with van der Waals surface area (Å²) in [4.78, 5) is 14.0. The van der Waals surface area contributed by atoms with Gasteiger partial charge in [-0.25, -0.2) is 8.78 Å². The van der Waals surface area contributed by atoms with E-state index in [-0.39, 0.29) is 18.0 Å². The van der Waals surface area contributed by atoms with Gasteiger partial charge >= 0.3 is 0 Å². The lowest BCUT2D eigenvalue weighted by Crippen LogP contribution is -2.28. The fraction of sp³-hybridized carbons (Fsp3) is 0.158. The van der Waals surface area contributed by atoms with Crippen molar-refractivity contribution in [2.75, 3.05) is 11.4 Å². The van der Waals surface area contributed by atoms with Gasteiger partial charge in [0.25, 0.3) is 5.91 Å². The van der Waals surface area contributed by atoms with E-state index in [1.165, 1.54) is 11.0 Å². The normalized spacial score (nSPS) is 13.2. The summed E-state index contributed by atoms with van der Waals surface area (Å²) in [5.41, 5.74) is 3.06. The third-order valence-corrected chi connectivity index (χ3v) is 4.33. The van der Waals surface area contributed by atoms with Crippen molar-refractivity contribution in [2.45, 2.75) is 13.3 Å². The molecule has 4 rings (SSSR count). The maximum Gasteiger partial charge on any atom is 0.296 e. The van der Waals surface area contributed by atoms with Crippen LogP contribution in [-0.2, 0) is 6.42 Å². The molecule has 1 aliphatic heterocycles. The van der Waals surface area contributed by atoms with Gasteiger partial charge in [0, 0.05) is 29.8 Å². The second-order valence-corrected chi connectivity index (χ2v) is 6.03. The Bertz CT molecular complexity index is 964. The Balaban J connectivity index is 1.65. The van der Waals surface area contributed by atoms with Crippen LogP contribution < -0.4 is 4.90 Å². The molecule has 1 amide bonds. The van der Waals surface area contributed by atoms with E-state index in [2.05, 4.69) is 5.16 Å². The first-order chi connectivity index (χ1) is 12.0. The topological polar surface area (TPSA) is 46.3 Å². The van der Waals surface area contributed by atoms with E-state index in [1.807, 2.05) is 31.2 Å². The number of hydrogen-bond acceptors (Lipinski definition) is 3. The van der Waals surface area contributed by atoms with Crippen LogP contribution in [0.3, 0.4) is 0 Å². The number of amides is 1. The molecule has 0 spiro atoms. The highest BCUT2D eigenvalue weighted by atomic mass is 19.1. The number of aromatic nitrogens is 1. The first kappa shape index (κ1) is 15.5. The van der Waals surface area contributed by atoms with Crippen LogP contribution in [0.1, 0.15) is 21.7 Å². The van der Waals surface area contributed by atoms with Gasteiger partial charge in [0.2, 0.25) is 5.76 Å². The smallest absolute Gasteiger partial charge is 0.296 e. The largest absolute Gasteiger partial charge is 0.350 e. The van der Waals surface area contributed by atoms with E-state index in [9.17, 15) is 13.6 Å². The predicted octanol–water partition coefficient (Wildman–Crippen LogP) is 4.13. The average Bonchev–Trinajstić information content (AvgIpc) is 3.22. The van der Waals surface area contributed by atoms with Gasteiger partial charge in [0.1, 0.15) is 17.3 Å². The summed E-state index contributed by atoms with van der Waals surface area (Å²) in [6.07, 6.45) is 0.339. The van der Waals surface area contributed by atoms with Crippen molar-refractivity contribution in [3.63, 3.8) is 0 Å². The van der Waals surface area contributed by atoms with Crippen LogP contribution in [-0.4, -0.2) is 17.6 Å². The minimum absolute atomic E-state index is 0.0353. The number of nitrogens with zero attached hydrogens (tertiary/aromatic N) is 2. The predicted molar refractivity (Wildman–Crippen MR) is 88.4 cm³/mol. The van der Waals surface area contributed by atoms with Crippen molar-refractivity contribution >= 4 is 11.6 Å². The molecular formula is C19H14F2N2O2. The number of aryl methyl sites for hydroxylation is 1. The molecule has 2 aromatic carbocycles. The van der Waals surface area contributed by atoms with Gasteiger partial charge in [-0.3, -0.25) is 4.79 Å². The summed E-state index contributed by atoms with van der Waals surface area (Å²) >= 11 is 0. The van der Waals surface area contributed by atoms with E-state index in [4.69, 9.17) is 4.52 Å². The van der Waals surface area contributed by atoms with Crippen LogP contribution in [0.25, 0.3) is 11.3 Å². The number of rotatable bonds is 2. The number of fused-ring (bicyclic) bond motifs is 1. The number of hydrogen-bond donors (Lipinski definition) is 0. The summed E-state index contributed by atoms with van der Waals surface area (Å²) in [6.45, 7) is 2.25. The third-order valence-electron chi connectivity index (χ3n) is 4.33. The molecule has 0 radical (unpaired) electrons. The fourth-order valence-electron chi connectivity index (χ4n) is 3.00. The zero-order chi connectivity index (χ0) is 17.6. The highest BCUT2D eigenvalue weighted by Crippen LogP contribution is 2.32. The van der Waals surface area contributed by atoms with Crippen molar-refractivity contribution in [3.05, 3.63) is 71.0 Å². The maximum absolute atomic E-state index is 13.8. The number of carbonyl (C=O) groups excluding carboxylic acids is 1. The maximum atomic E-state index is 13.8. The Kier molecular flexibility index (Phi) is 3.60. The highest BCUT2D eigenvalue weighted by molar-refractivity contribution is 6.05. The molecule has 25 heavy (non-hydrogen) atoms. The molecule has 6 heteroatoms. The van der Waals surface area contributed by atoms with Crippen LogP contribution in [0.15, 0.2) is 47.0 Å². The van der Waals surface area contributed by atoms with Gasteiger partial charge in [-0.15, -0.1) is 0 Å². The van der Waals surface area contributed by atoms with Crippen molar-refractivity contribution < 1.29 is 18.1 Å². The monoisotopic (exact) mass is 340 g/mol. The van der Waals surface area contributed by atoms with Gasteiger partial charge in [0.05, 0.1) is 5.69 Å². The van der Waals surface area contributed by atoms with E-state index in [0.29, 0.717) is 17.7 Å². The quantitative estimate of drug-likeness (QED) is 0.705. The molecule has 2 heterocycles. The van der Waals surface area contributed by atoms with Crippen molar-refractivity contribution in [1.82, 2.24) is 5.16 Å². The second-order valence-electron chi connectivity index (χ2n) is 6.03. The Morgan fingerprint density at radius 2 is 1.92 bits per heavy atom. The molecule has 126 valence electrons. The lowest BCUT2D eigenvalue weighted by molar-refractivity contribution is 0.0954. The molecule has 0 saturated heterocycles. The summed E-state index contributed by atoms with van der Waals surface area (Å²) in [6, 6.07) is 11.2. The Labute approximate surface area is 142 Å². The van der Waals surface area contributed by atoms with Gasteiger partial charge in [-0.05, 0) is 19.4 Å². The molecule has 0 unspecified atom stereocenters. The molecule has 4 nitrogen and oxygen atoms in total. The number of halogens is 2. The summed E-state index contributed by atoms with van der Waals surface area (Å²) in [7, 11) is 0. The average molecular weight is 340 g/mol. The highest BCUT2D eigenvalue weighted by Gasteiger charge is 2.30. The molecule has 3 aromatic rings. The minimum Gasteiger partial charge on any atom is -0.350 e. The number of carbonyl (C=O) groups is 1. The van der Waals surface area contributed by atoms with Crippen LogP contribution in [0.4, 0.5) is 14.5 Å². The Hall–Kier alpha value is -3.02. The molecule has 0 aliphatic carbocycles. The van der Waals surface area contributed by atoms with Gasteiger partial charge < -0.3 is 9.42 Å². The SMILES string of the molecule is Cc1ccc(-c2cc(C(=O)N3CCc4c(F)cc(F)cc43)on2)cc1. The minimum atomic E-state index is -0.714. The molecule has 0 fully saturated rings. The van der Waals surface area contributed by atoms with Crippen molar-refractivity contribution in [1.29, 1.82) is 0 Å². The zero-order valence-corrected chi connectivity index (χ0v) is 13.4. The molecule has 1 aromatic heterocycles. The van der Waals surface area contributed by atoms with E-state index < -0.39 is 17.5 Å². The lowest BCUT2D eigenvalue weighted by Gasteiger charge is -2.15. The van der Waals surface area contributed by atoms with E-state index in [0.717, 1.165) is 17.2 Å². The summed E-state index contributed by atoms with van der Waals surface area (Å²) in [5, 5.41) is 3.93. The standard InChI is InChI=1S/C19H14F2N2O2/c1-11-2-4-12(5-3-11)16-10-18(25-22-16)19(24)23-7-6-14-15(21)8-13(20)9-17(14)23/h2-5,8-10H,6-7H2,1H3. The first-order valence-corrected chi connectivity index (χ1v) is 7.86. The Morgan fingerprint density at radius 1 is 1.16 bits per heavy atom. The van der Waals surface area contributed by atoms with Gasteiger partial charge in [-0.1, -0.05) is 35.0 Å². The third kappa shape index (κ3) is 2.69. The number of benzene rings is 2. The zero-order valence-electron chi connectivity index (χ0n) is 13.4. The first-order valence-electron chi connectivity index (χ1n) is 7.86. The molecular weight excluding hydrogens is 326 g/mol. The second kappa shape index (κ2) is 5.81. The molecule has 0 bridgehead atoms. The lowest BCUT2D eigenvalue weighted by atomic mass is 10.1. The van der Waals surface area contributed by atoms with Crippen molar-refractivity contribution in [3.8, 4) is 11.3 Å². The van der Waals surface area contributed by atoms with Crippen molar-refractivity contribution in [2.24, 2.45) is 0 Å². The van der Waals surface area contributed by atoms with Crippen LogP contribution in [0, 0.1) is 18.6 Å². The van der Waals surface area contributed by atoms with Crippen LogP contribution in [0.2, 0.25) is 0 Å². The van der Waals surface area contributed by atoms with Gasteiger partial charge in [0.15, 0.2) is 0 Å². The molecule has 1 aliphatic rings.